The number of pyridine rings is 1. The zero-order valence-corrected chi connectivity index (χ0v) is 15.0. The number of hydrogen-bond acceptors (Lipinski definition) is 4. The number of carbonyl (C=O) groups excluding carboxylic acids is 1. The molecule has 1 amide bonds. The van der Waals surface area contributed by atoms with Gasteiger partial charge in [-0.1, -0.05) is 18.2 Å². The van der Waals surface area contributed by atoms with Gasteiger partial charge in [-0.3, -0.25) is 4.79 Å². The van der Waals surface area contributed by atoms with E-state index in [9.17, 15) is 4.79 Å². The van der Waals surface area contributed by atoms with Gasteiger partial charge in [0.15, 0.2) is 5.76 Å². The van der Waals surface area contributed by atoms with E-state index in [1.807, 2.05) is 69.2 Å². The topological polar surface area (TPSA) is 58.4 Å². The van der Waals surface area contributed by atoms with Gasteiger partial charge in [0.05, 0.1) is 11.1 Å². The lowest BCUT2D eigenvalue weighted by Crippen LogP contribution is -2.39. The van der Waals surface area contributed by atoms with Crippen molar-refractivity contribution in [1.82, 2.24) is 15.2 Å². The zero-order valence-electron chi connectivity index (χ0n) is 15.0. The number of carbonyl (C=O) groups is 1. The molecule has 130 valence electrons. The highest BCUT2D eigenvalue weighted by atomic mass is 16.3. The van der Waals surface area contributed by atoms with E-state index in [0.29, 0.717) is 17.0 Å². The van der Waals surface area contributed by atoms with Gasteiger partial charge in [0.25, 0.3) is 5.91 Å². The zero-order chi connectivity index (χ0) is 18.0. The third-order valence-corrected chi connectivity index (χ3v) is 3.97. The number of rotatable bonds is 5. The lowest BCUT2D eigenvalue weighted by molar-refractivity contribution is 0.0936. The summed E-state index contributed by atoms with van der Waals surface area (Å²) in [4.78, 5) is 19.5. The molecule has 25 heavy (non-hydrogen) atoms. The van der Waals surface area contributed by atoms with Crippen molar-refractivity contribution in [1.29, 1.82) is 0 Å². The molecular formula is C20H23N3O2. The molecule has 2 heterocycles. The molecular weight excluding hydrogens is 314 g/mol. The summed E-state index contributed by atoms with van der Waals surface area (Å²) in [5.74, 6) is 1.38. The van der Waals surface area contributed by atoms with Gasteiger partial charge in [-0.2, -0.15) is 0 Å². The van der Waals surface area contributed by atoms with Gasteiger partial charge >= 0.3 is 0 Å². The number of aryl methyl sites for hydroxylation is 1. The highest BCUT2D eigenvalue weighted by Crippen LogP contribution is 2.26. The number of aromatic nitrogens is 1. The van der Waals surface area contributed by atoms with Gasteiger partial charge in [-0.15, -0.1) is 0 Å². The van der Waals surface area contributed by atoms with Crippen LogP contribution in [-0.4, -0.2) is 42.5 Å². The van der Waals surface area contributed by atoms with E-state index in [1.54, 1.807) is 6.07 Å². The Kier molecular flexibility index (Phi) is 4.86. The van der Waals surface area contributed by atoms with Crippen molar-refractivity contribution >= 4 is 16.8 Å². The van der Waals surface area contributed by atoms with Gasteiger partial charge in [-0.05, 0) is 52.2 Å². The summed E-state index contributed by atoms with van der Waals surface area (Å²) in [5.41, 5.74) is 2.05. The Labute approximate surface area is 147 Å². The number of hydrogen-bond donors (Lipinski definition) is 1. The van der Waals surface area contributed by atoms with Crippen molar-refractivity contribution in [3.63, 3.8) is 0 Å². The minimum absolute atomic E-state index is 0.0451. The van der Waals surface area contributed by atoms with E-state index in [4.69, 9.17) is 4.42 Å². The van der Waals surface area contributed by atoms with E-state index in [1.165, 1.54) is 0 Å². The van der Waals surface area contributed by atoms with Crippen molar-refractivity contribution < 1.29 is 9.21 Å². The first-order chi connectivity index (χ1) is 11.9. The van der Waals surface area contributed by atoms with Gasteiger partial charge < -0.3 is 14.6 Å². The molecule has 0 spiro atoms. The molecule has 1 aromatic carbocycles. The van der Waals surface area contributed by atoms with Crippen LogP contribution in [0.2, 0.25) is 0 Å². The standard InChI is InChI=1S/C20H23N3O2/c1-13(12-23(3)4)21-20(24)16-11-18(19-10-9-14(2)25-19)22-17-8-6-5-7-15(16)17/h5-11,13H,12H2,1-4H3,(H,21,24)/t13-/m0/s1. The second-order valence-corrected chi connectivity index (χ2v) is 6.62. The summed E-state index contributed by atoms with van der Waals surface area (Å²) < 4.78 is 5.69. The van der Waals surface area contributed by atoms with E-state index >= 15 is 0 Å². The summed E-state index contributed by atoms with van der Waals surface area (Å²) in [6.45, 7) is 4.66. The largest absolute Gasteiger partial charge is 0.460 e. The summed E-state index contributed by atoms with van der Waals surface area (Å²) in [6.07, 6.45) is 0. The molecule has 1 atom stereocenters. The molecule has 0 unspecified atom stereocenters. The lowest BCUT2D eigenvalue weighted by atomic mass is 10.1. The minimum atomic E-state index is -0.0996. The summed E-state index contributed by atoms with van der Waals surface area (Å²) in [5, 5.41) is 3.90. The third kappa shape index (κ3) is 3.88. The Morgan fingerprint density at radius 3 is 2.68 bits per heavy atom. The van der Waals surface area contributed by atoms with Crippen molar-refractivity contribution in [3.8, 4) is 11.5 Å². The van der Waals surface area contributed by atoms with E-state index in [-0.39, 0.29) is 11.9 Å². The predicted molar refractivity (Wildman–Crippen MR) is 99.7 cm³/mol. The van der Waals surface area contributed by atoms with Crippen LogP contribution in [0, 0.1) is 6.92 Å². The smallest absolute Gasteiger partial charge is 0.252 e. The molecule has 0 radical (unpaired) electrons. The van der Waals surface area contributed by atoms with Crippen LogP contribution in [0.5, 0.6) is 0 Å². The lowest BCUT2D eigenvalue weighted by Gasteiger charge is -2.19. The number of benzene rings is 1. The fraction of sp³-hybridized carbons (Fsp3) is 0.300. The van der Waals surface area contributed by atoms with Crippen LogP contribution in [0.15, 0.2) is 46.9 Å². The average molecular weight is 337 g/mol. The summed E-state index contributed by atoms with van der Waals surface area (Å²) in [6, 6.07) is 13.3. The van der Waals surface area contributed by atoms with Crippen LogP contribution in [0.3, 0.4) is 0 Å². The first-order valence-electron chi connectivity index (χ1n) is 8.36. The van der Waals surface area contributed by atoms with Gasteiger partial charge in [0.2, 0.25) is 0 Å². The van der Waals surface area contributed by atoms with Gasteiger partial charge in [0, 0.05) is 18.0 Å². The van der Waals surface area contributed by atoms with Crippen molar-refractivity contribution in [2.45, 2.75) is 19.9 Å². The molecule has 0 aliphatic rings. The van der Waals surface area contributed by atoms with Crippen LogP contribution in [0.1, 0.15) is 23.0 Å². The van der Waals surface area contributed by atoms with E-state index in [2.05, 4.69) is 10.3 Å². The maximum Gasteiger partial charge on any atom is 0.252 e. The maximum absolute atomic E-state index is 12.9. The normalized spacial score (nSPS) is 12.5. The molecule has 0 saturated heterocycles. The predicted octanol–water partition coefficient (Wildman–Crippen LogP) is 3.48. The van der Waals surface area contributed by atoms with Crippen LogP contribution in [0.4, 0.5) is 0 Å². The minimum Gasteiger partial charge on any atom is -0.460 e. The Morgan fingerprint density at radius 1 is 1.24 bits per heavy atom. The molecule has 3 rings (SSSR count). The number of para-hydroxylation sites is 1. The van der Waals surface area contributed by atoms with Crippen molar-refractivity contribution in [3.05, 3.63) is 53.8 Å². The van der Waals surface area contributed by atoms with E-state index in [0.717, 1.165) is 23.2 Å². The molecule has 0 fully saturated rings. The summed E-state index contributed by atoms with van der Waals surface area (Å²) >= 11 is 0. The molecule has 0 aliphatic carbocycles. The first-order valence-corrected chi connectivity index (χ1v) is 8.36. The highest BCUT2D eigenvalue weighted by molar-refractivity contribution is 6.07. The second kappa shape index (κ2) is 7.07. The van der Waals surface area contributed by atoms with Gasteiger partial charge in [-0.25, -0.2) is 4.98 Å². The Bertz CT molecular complexity index is 899. The van der Waals surface area contributed by atoms with Crippen LogP contribution in [-0.2, 0) is 0 Å². The molecule has 3 aromatic rings. The summed E-state index contributed by atoms with van der Waals surface area (Å²) in [7, 11) is 3.98. The number of nitrogens with one attached hydrogen (secondary N) is 1. The number of likely N-dealkylation sites (N-methyl/N-ethyl adjacent to an activating group) is 1. The Hall–Kier alpha value is -2.66. The van der Waals surface area contributed by atoms with Crippen LogP contribution < -0.4 is 5.32 Å². The van der Waals surface area contributed by atoms with E-state index < -0.39 is 0 Å². The van der Waals surface area contributed by atoms with Crippen LogP contribution in [0.25, 0.3) is 22.4 Å². The molecule has 2 aromatic heterocycles. The average Bonchev–Trinajstić information content (AvgIpc) is 2.99. The molecule has 0 saturated carbocycles. The third-order valence-electron chi connectivity index (χ3n) is 3.97. The highest BCUT2D eigenvalue weighted by Gasteiger charge is 2.17. The number of fused-ring (bicyclic) bond motifs is 1. The Balaban J connectivity index is 2.02. The fourth-order valence-corrected chi connectivity index (χ4v) is 2.96. The first kappa shape index (κ1) is 17.2. The monoisotopic (exact) mass is 337 g/mol. The van der Waals surface area contributed by atoms with Gasteiger partial charge in [0.1, 0.15) is 11.5 Å². The molecule has 5 heteroatoms. The van der Waals surface area contributed by atoms with Crippen molar-refractivity contribution in [2.75, 3.05) is 20.6 Å². The molecule has 1 N–H and O–H groups in total. The number of furan rings is 1. The van der Waals surface area contributed by atoms with Crippen LogP contribution >= 0.6 is 0 Å². The number of amides is 1. The maximum atomic E-state index is 12.9. The number of nitrogens with zero attached hydrogens (tertiary/aromatic N) is 2. The molecule has 0 bridgehead atoms. The molecule has 0 aliphatic heterocycles. The molecule has 5 nitrogen and oxygen atoms in total. The Morgan fingerprint density at radius 2 is 2.00 bits per heavy atom. The second-order valence-electron chi connectivity index (χ2n) is 6.62. The van der Waals surface area contributed by atoms with Crippen molar-refractivity contribution in [2.24, 2.45) is 0 Å². The fourth-order valence-electron chi connectivity index (χ4n) is 2.96. The SMILES string of the molecule is Cc1ccc(-c2cc(C(=O)N[C@@H](C)CN(C)C)c3ccccc3n2)o1. The quantitative estimate of drug-likeness (QED) is 0.774.